The molecule has 0 aliphatic carbocycles. The molecule has 160 valence electrons. The molecule has 1 aromatic heterocycles. The summed E-state index contributed by atoms with van der Waals surface area (Å²) in [4.78, 5) is 12.6. The van der Waals surface area contributed by atoms with E-state index in [9.17, 15) is 4.79 Å². The molecule has 1 saturated heterocycles. The topological polar surface area (TPSA) is 43.3 Å². The largest absolute Gasteiger partial charge is 0.493 e. The number of hydrogen-bond donors (Lipinski definition) is 1. The van der Waals surface area contributed by atoms with Crippen LogP contribution in [0.25, 0.3) is 27.9 Å². The summed E-state index contributed by atoms with van der Waals surface area (Å²) < 4.78 is 9.90. The Morgan fingerprint density at radius 3 is 2.38 bits per heavy atom. The lowest BCUT2D eigenvalue weighted by atomic mass is 10.2. The molecule has 2 heterocycles. The summed E-state index contributed by atoms with van der Waals surface area (Å²) in [6.45, 7) is 1.42. The average Bonchev–Trinajstić information content (AvgIpc) is 3.28. The van der Waals surface area contributed by atoms with Crippen molar-refractivity contribution in [2.45, 2.75) is 13.0 Å². The summed E-state index contributed by atoms with van der Waals surface area (Å²) in [5, 5.41) is 5.20. The second-order valence-corrected chi connectivity index (χ2v) is 10.1. The number of carbonyl (C=O) groups excluding carboxylic acids is 1. The molecule has 0 atom stereocenters. The first-order valence-electron chi connectivity index (χ1n) is 10.2. The highest BCUT2D eigenvalue weighted by atomic mass is 79.9. The molecule has 4 aromatic rings. The van der Waals surface area contributed by atoms with E-state index in [1.54, 1.807) is 0 Å². The van der Waals surface area contributed by atoms with Crippen molar-refractivity contribution in [1.82, 2.24) is 9.88 Å². The second kappa shape index (κ2) is 9.10. The van der Waals surface area contributed by atoms with Gasteiger partial charge in [0.05, 0.1) is 11.5 Å². The fraction of sp³-hybridized carbons (Fsp3) is 0.120. The average molecular weight is 523 g/mol. The van der Waals surface area contributed by atoms with Gasteiger partial charge in [-0.15, -0.1) is 0 Å². The number of benzene rings is 3. The quantitative estimate of drug-likeness (QED) is 0.178. The maximum atomic E-state index is 12.0. The standard InChI is InChI=1S/C25H19BrN2O2S2/c26-17-10-11-22(16(14-17)15-23-24(29)27-25(31)32-23)30-13-5-12-28-20-8-3-1-6-18(20)19-7-2-4-9-21(19)28/h1-4,6-11,14-15H,5,12-13H2,(H,27,29,31)/b23-15-. The number of halogens is 1. The molecule has 1 aliphatic heterocycles. The summed E-state index contributed by atoms with van der Waals surface area (Å²) in [5.41, 5.74) is 3.32. The number of nitrogens with zero attached hydrogens (tertiary/aromatic N) is 1. The molecule has 1 N–H and O–H groups in total. The van der Waals surface area contributed by atoms with Crippen LogP contribution in [0.4, 0.5) is 0 Å². The van der Waals surface area contributed by atoms with E-state index in [2.05, 4.69) is 74.3 Å². The first-order valence-corrected chi connectivity index (χ1v) is 12.2. The third-order valence-electron chi connectivity index (χ3n) is 5.36. The van der Waals surface area contributed by atoms with E-state index in [0.29, 0.717) is 15.8 Å². The second-order valence-electron chi connectivity index (χ2n) is 7.42. The number of carbonyl (C=O) groups is 1. The van der Waals surface area contributed by atoms with E-state index >= 15 is 0 Å². The zero-order valence-corrected chi connectivity index (χ0v) is 20.2. The van der Waals surface area contributed by atoms with Crippen molar-refractivity contribution in [3.05, 3.63) is 81.7 Å². The minimum Gasteiger partial charge on any atom is -0.493 e. The van der Waals surface area contributed by atoms with Gasteiger partial charge in [0, 0.05) is 38.4 Å². The molecule has 5 rings (SSSR count). The highest BCUT2D eigenvalue weighted by Crippen LogP contribution is 2.32. The van der Waals surface area contributed by atoms with Gasteiger partial charge in [-0.25, -0.2) is 0 Å². The smallest absolute Gasteiger partial charge is 0.263 e. The van der Waals surface area contributed by atoms with E-state index in [0.717, 1.165) is 28.8 Å². The lowest BCUT2D eigenvalue weighted by Gasteiger charge is -2.12. The molecule has 32 heavy (non-hydrogen) atoms. The van der Waals surface area contributed by atoms with Crippen LogP contribution >= 0.6 is 39.9 Å². The lowest BCUT2D eigenvalue weighted by Crippen LogP contribution is -2.17. The minimum absolute atomic E-state index is 0.169. The molecular weight excluding hydrogens is 504 g/mol. The van der Waals surface area contributed by atoms with E-state index < -0.39 is 0 Å². The predicted molar refractivity (Wildman–Crippen MR) is 140 cm³/mol. The Kier molecular flexibility index (Phi) is 6.04. The SMILES string of the molecule is O=C1NC(=S)S/C1=C\c1cc(Br)ccc1OCCCn1c2ccccc2c2ccccc21. The molecule has 0 radical (unpaired) electrons. The Morgan fingerprint density at radius 2 is 1.72 bits per heavy atom. The van der Waals surface area contributed by atoms with Gasteiger partial charge in [-0.3, -0.25) is 4.79 Å². The number of thiocarbonyl (C=S) groups is 1. The van der Waals surface area contributed by atoms with E-state index in [1.807, 2.05) is 24.3 Å². The van der Waals surface area contributed by atoms with Crippen molar-refractivity contribution in [2.24, 2.45) is 0 Å². The number of nitrogens with one attached hydrogen (secondary N) is 1. The fourth-order valence-corrected chi connectivity index (χ4v) is 5.39. The zero-order valence-electron chi connectivity index (χ0n) is 17.0. The molecule has 0 bridgehead atoms. The first-order chi connectivity index (χ1) is 15.6. The molecule has 7 heteroatoms. The van der Waals surface area contributed by atoms with Gasteiger partial charge in [0.25, 0.3) is 5.91 Å². The van der Waals surface area contributed by atoms with Crippen molar-refractivity contribution < 1.29 is 9.53 Å². The Labute approximate surface area is 203 Å². The van der Waals surface area contributed by atoms with E-state index in [1.165, 1.54) is 33.6 Å². The van der Waals surface area contributed by atoms with Crippen molar-refractivity contribution in [2.75, 3.05) is 6.61 Å². The summed E-state index contributed by atoms with van der Waals surface area (Å²) in [5.74, 6) is 0.575. The number of ether oxygens (including phenoxy) is 1. The molecule has 1 fully saturated rings. The summed E-state index contributed by atoms with van der Waals surface area (Å²) in [6, 6.07) is 22.8. The van der Waals surface area contributed by atoms with Gasteiger partial charge in [0.15, 0.2) is 0 Å². The predicted octanol–water partition coefficient (Wildman–Crippen LogP) is 6.51. The van der Waals surface area contributed by atoms with Crippen LogP contribution in [0.15, 0.2) is 76.1 Å². The maximum absolute atomic E-state index is 12.0. The van der Waals surface area contributed by atoms with Crippen LogP contribution in [0, 0.1) is 0 Å². The van der Waals surface area contributed by atoms with Gasteiger partial charge in [-0.05, 0) is 42.8 Å². The Balaban J connectivity index is 1.33. The van der Waals surface area contributed by atoms with Crippen LogP contribution in [0.2, 0.25) is 0 Å². The van der Waals surface area contributed by atoms with Crippen LogP contribution in [0.3, 0.4) is 0 Å². The highest BCUT2D eigenvalue weighted by Gasteiger charge is 2.22. The van der Waals surface area contributed by atoms with Crippen molar-refractivity contribution in [1.29, 1.82) is 0 Å². The van der Waals surface area contributed by atoms with Crippen LogP contribution in [0.5, 0.6) is 5.75 Å². The van der Waals surface area contributed by atoms with Crippen LogP contribution < -0.4 is 10.1 Å². The van der Waals surface area contributed by atoms with Crippen molar-refractivity contribution in [3.8, 4) is 5.75 Å². The number of amides is 1. The maximum Gasteiger partial charge on any atom is 0.263 e. The lowest BCUT2D eigenvalue weighted by molar-refractivity contribution is -0.115. The molecule has 1 aliphatic rings. The van der Waals surface area contributed by atoms with Crippen LogP contribution in [-0.4, -0.2) is 21.4 Å². The van der Waals surface area contributed by atoms with Crippen molar-refractivity contribution in [3.63, 3.8) is 0 Å². The van der Waals surface area contributed by atoms with Gasteiger partial charge in [-0.1, -0.05) is 76.3 Å². The number of para-hydroxylation sites is 2. The number of thioether (sulfide) groups is 1. The van der Waals surface area contributed by atoms with Crippen molar-refractivity contribution >= 4 is 78.0 Å². The minimum atomic E-state index is -0.169. The summed E-state index contributed by atoms with van der Waals surface area (Å²) in [7, 11) is 0. The normalized spacial score (nSPS) is 15.1. The third-order valence-corrected chi connectivity index (χ3v) is 7.02. The van der Waals surface area contributed by atoms with Gasteiger partial charge >= 0.3 is 0 Å². The molecule has 0 saturated carbocycles. The molecule has 0 spiro atoms. The third kappa shape index (κ3) is 4.20. The van der Waals surface area contributed by atoms with Gasteiger partial charge in [0.1, 0.15) is 10.1 Å². The number of fused-ring (bicyclic) bond motifs is 3. The highest BCUT2D eigenvalue weighted by molar-refractivity contribution is 9.10. The summed E-state index contributed by atoms with van der Waals surface area (Å²) in [6.07, 6.45) is 2.68. The van der Waals surface area contributed by atoms with Crippen LogP contribution in [0.1, 0.15) is 12.0 Å². The molecule has 4 nitrogen and oxygen atoms in total. The molecule has 0 unspecified atom stereocenters. The molecule has 1 amide bonds. The number of aryl methyl sites for hydroxylation is 1. The van der Waals surface area contributed by atoms with E-state index in [-0.39, 0.29) is 5.91 Å². The van der Waals surface area contributed by atoms with Crippen LogP contribution in [-0.2, 0) is 11.3 Å². The van der Waals surface area contributed by atoms with E-state index in [4.69, 9.17) is 17.0 Å². The Bertz CT molecular complexity index is 1340. The Morgan fingerprint density at radius 1 is 1.03 bits per heavy atom. The van der Waals surface area contributed by atoms with Gasteiger partial charge in [0.2, 0.25) is 0 Å². The monoisotopic (exact) mass is 522 g/mol. The zero-order chi connectivity index (χ0) is 22.1. The van der Waals surface area contributed by atoms with Gasteiger partial charge in [-0.2, -0.15) is 0 Å². The number of rotatable bonds is 6. The molecular formula is C25H19BrN2O2S2. The summed E-state index contributed by atoms with van der Waals surface area (Å²) >= 11 is 9.86. The Hall–Kier alpha value is -2.61. The number of hydrogen-bond acceptors (Lipinski definition) is 4. The molecule has 3 aromatic carbocycles. The number of aromatic nitrogens is 1. The van der Waals surface area contributed by atoms with Gasteiger partial charge < -0.3 is 14.6 Å². The fourth-order valence-electron chi connectivity index (χ4n) is 3.97. The first kappa shape index (κ1) is 21.2.